The average Bonchev–Trinajstić information content (AvgIpc) is 2.72. The lowest BCUT2D eigenvalue weighted by atomic mass is 9.36. The number of hydrogen-bond donors (Lipinski definition) is 0. The molecule has 3 saturated carbocycles. The summed E-state index contributed by atoms with van der Waals surface area (Å²) in [6, 6.07) is 2.17. The first kappa shape index (κ1) is 22.1. The van der Waals surface area contributed by atoms with Crippen LogP contribution in [0.25, 0.3) is 0 Å². The van der Waals surface area contributed by atoms with Gasteiger partial charge in [-0.1, -0.05) is 53.2 Å². The van der Waals surface area contributed by atoms with E-state index >= 15 is 0 Å². The molecule has 0 N–H and O–H groups in total. The van der Waals surface area contributed by atoms with Gasteiger partial charge in [0.1, 0.15) is 6.07 Å². The first-order valence-corrected chi connectivity index (χ1v) is 12.8. The highest BCUT2D eigenvalue weighted by atomic mass is 16.1. The number of rotatable bonds is 0. The zero-order valence-corrected chi connectivity index (χ0v) is 20.8. The lowest BCUT2D eigenvalue weighted by Crippen LogP contribution is -2.62. The SMILES string of the molecule is CC1C(=O)C(C#N)=CC2(C)C3=CC(=O)C4C5CC(C)(C)CCC5CCC4(C)C3(C)CCC12. The summed E-state index contributed by atoms with van der Waals surface area (Å²) in [7, 11) is 0. The van der Waals surface area contributed by atoms with Gasteiger partial charge in [-0.3, -0.25) is 9.59 Å². The van der Waals surface area contributed by atoms with E-state index in [-0.39, 0.29) is 34.4 Å². The number of carbonyl (C=O) groups excluding carboxylic acids is 2. The maximum atomic E-state index is 14.0. The lowest BCUT2D eigenvalue weighted by molar-refractivity contribution is -0.153. The van der Waals surface area contributed by atoms with Gasteiger partial charge in [0.15, 0.2) is 11.6 Å². The van der Waals surface area contributed by atoms with Crippen molar-refractivity contribution in [1.82, 2.24) is 0 Å². The van der Waals surface area contributed by atoms with E-state index in [4.69, 9.17) is 0 Å². The van der Waals surface area contributed by atoms with Crippen molar-refractivity contribution in [2.45, 2.75) is 86.5 Å². The van der Waals surface area contributed by atoms with E-state index in [1.807, 2.05) is 19.1 Å². The van der Waals surface area contributed by atoms with E-state index in [0.29, 0.717) is 28.6 Å². The average molecular weight is 434 g/mol. The van der Waals surface area contributed by atoms with Crippen LogP contribution in [0.4, 0.5) is 0 Å². The van der Waals surface area contributed by atoms with Gasteiger partial charge < -0.3 is 0 Å². The Balaban J connectivity index is 1.66. The van der Waals surface area contributed by atoms with Gasteiger partial charge in [-0.25, -0.2) is 0 Å². The van der Waals surface area contributed by atoms with Gasteiger partial charge >= 0.3 is 0 Å². The predicted octanol–water partition coefficient (Wildman–Crippen LogP) is 6.45. The van der Waals surface area contributed by atoms with E-state index in [2.05, 4.69) is 40.7 Å². The molecule has 0 spiro atoms. The normalized spacial score (nSPS) is 49.5. The number of ketones is 2. The summed E-state index contributed by atoms with van der Waals surface area (Å²) in [5, 5.41) is 9.69. The molecule has 0 aromatic heterocycles. The van der Waals surface area contributed by atoms with Gasteiger partial charge in [0.05, 0.1) is 5.57 Å². The third kappa shape index (κ3) is 2.65. The van der Waals surface area contributed by atoms with Crippen LogP contribution in [-0.4, -0.2) is 11.6 Å². The van der Waals surface area contributed by atoms with Gasteiger partial charge in [0.2, 0.25) is 0 Å². The molecule has 0 radical (unpaired) electrons. The molecule has 0 amide bonds. The number of nitriles is 1. The molecule has 0 saturated heterocycles. The van der Waals surface area contributed by atoms with Crippen LogP contribution in [0.3, 0.4) is 0 Å². The topological polar surface area (TPSA) is 57.9 Å². The molecule has 0 heterocycles. The maximum Gasteiger partial charge on any atom is 0.176 e. The summed E-state index contributed by atoms with van der Waals surface area (Å²) in [6.07, 6.45) is 12.0. The Bertz CT molecular complexity index is 995. The molecule has 172 valence electrons. The van der Waals surface area contributed by atoms with E-state index in [0.717, 1.165) is 25.7 Å². The fourth-order valence-electron chi connectivity index (χ4n) is 9.36. The largest absolute Gasteiger partial charge is 0.295 e. The number of Topliss-reactive ketones (excluding diaryl/α,β-unsaturated/α-hetero) is 1. The predicted molar refractivity (Wildman–Crippen MR) is 125 cm³/mol. The molecular formula is C29H39NO2. The second kappa shape index (κ2) is 6.68. The van der Waals surface area contributed by atoms with E-state index in [9.17, 15) is 14.9 Å². The summed E-state index contributed by atoms with van der Waals surface area (Å²) in [6.45, 7) is 13.8. The fourth-order valence-corrected chi connectivity index (χ4v) is 9.36. The highest BCUT2D eigenvalue weighted by Crippen LogP contribution is 2.72. The van der Waals surface area contributed by atoms with Crippen LogP contribution in [0.15, 0.2) is 23.3 Å². The molecule has 0 bridgehead atoms. The first-order valence-electron chi connectivity index (χ1n) is 12.8. The molecule has 0 aromatic rings. The van der Waals surface area contributed by atoms with Crippen molar-refractivity contribution in [2.24, 2.45) is 51.2 Å². The second-order valence-corrected chi connectivity index (χ2v) is 13.3. The monoisotopic (exact) mass is 433 g/mol. The van der Waals surface area contributed by atoms with Gasteiger partial charge in [-0.05, 0) is 85.0 Å². The molecule has 8 atom stereocenters. The van der Waals surface area contributed by atoms with Crippen LogP contribution in [0.5, 0.6) is 0 Å². The Labute approximate surface area is 193 Å². The second-order valence-electron chi connectivity index (χ2n) is 13.3. The summed E-state index contributed by atoms with van der Waals surface area (Å²) in [4.78, 5) is 26.8. The summed E-state index contributed by atoms with van der Waals surface area (Å²) < 4.78 is 0. The van der Waals surface area contributed by atoms with Crippen LogP contribution in [0, 0.1) is 62.6 Å². The number of carbonyl (C=O) groups is 2. The van der Waals surface area contributed by atoms with Crippen molar-refractivity contribution in [3.8, 4) is 6.07 Å². The summed E-state index contributed by atoms with van der Waals surface area (Å²) in [5.74, 6) is 1.60. The summed E-state index contributed by atoms with van der Waals surface area (Å²) in [5.41, 5.74) is 1.31. The minimum Gasteiger partial charge on any atom is -0.295 e. The number of hydrogen-bond acceptors (Lipinski definition) is 3. The van der Waals surface area contributed by atoms with E-state index in [1.165, 1.54) is 24.8 Å². The van der Waals surface area contributed by atoms with Crippen LogP contribution >= 0.6 is 0 Å². The molecule has 5 rings (SSSR count). The van der Waals surface area contributed by atoms with Crippen molar-refractivity contribution >= 4 is 11.6 Å². The molecule has 3 heteroatoms. The molecular weight excluding hydrogens is 394 g/mol. The van der Waals surface area contributed by atoms with Crippen molar-refractivity contribution in [1.29, 1.82) is 5.26 Å². The Kier molecular flexibility index (Phi) is 4.62. The lowest BCUT2D eigenvalue weighted by Gasteiger charge is -2.66. The van der Waals surface area contributed by atoms with Gasteiger partial charge in [0, 0.05) is 17.3 Å². The van der Waals surface area contributed by atoms with Crippen molar-refractivity contribution in [3.63, 3.8) is 0 Å². The Hall–Kier alpha value is -1.69. The molecule has 5 aliphatic carbocycles. The Morgan fingerprint density at radius 2 is 1.69 bits per heavy atom. The molecule has 8 unspecified atom stereocenters. The molecule has 0 aliphatic heterocycles. The highest BCUT2D eigenvalue weighted by molar-refractivity contribution is 6.02. The quantitative estimate of drug-likeness (QED) is 0.441. The zero-order valence-electron chi connectivity index (χ0n) is 20.8. The molecule has 3 fully saturated rings. The Morgan fingerprint density at radius 3 is 2.38 bits per heavy atom. The zero-order chi connectivity index (χ0) is 23.3. The van der Waals surface area contributed by atoms with Gasteiger partial charge in [0.25, 0.3) is 0 Å². The smallest absolute Gasteiger partial charge is 0.176 e. The molecule has 5 aliphatic rings. The van der Waals surface area contributed by atoms with Crippen LogP contribution in [-0.2, 0) is 9.59 Å². The molecule has 32 heavy (non-hydrogen) atoms. The van der Waals surface area contributed by atoms with Crippen molar-refractivity contribution in [3.05, 3.63) is 23.3 Å². The highest BCUT2D eigenvalue weighted by Gasteiger charge is 2.66. The van der Waals surface area contributed by atoms with Crippen molar-refractivity contribution in [2.75, 3.05) is 0 Å². The fraction of sp³-hybridized carbons (Fsp3) is 0.759. The molecule has 0 aromatic carbocycles. The van der Waals surface area contributed by atoms with Crippen molar-refractivity contribution < 1.29 is 9.59 Å². The third-order valence-corrected chi connectivity index (χ3v) is 11.3. The van der Waals surface area contributed by atoms with E-state index < -0.39 is 5.41 Å². The Morgan fingerprint density at radius 1 is 1.00 bits per heavy atom. The third-order valence-electron chi connectivity index (χ3n) is 11.3. The summed E-state index contributed by atoms with van der Waals surface area (Å²) >= 11 is 0. The van der Waals surface area contributed by atoms with Crippen LogP contribution in [0.1, 0.15) is 86.5 Å². The maximum absolute atomic E-state index is 14.0. The number of allylic oxidation sites excluding steroid dienone is 4. The van der Waals surface area contributed by atoms with Gasteiger partial charge in [-0.15, -0.1) is 0 Å². The van der Waals surface area contributed by atoms with Crippen LogP contribution in [0.2, 0.25) is 0 Å². The molecule has 3 nitrogen and oxygen atoms in total. The minimum atomic E-state index is -0.391. The standard InChI is InChI=1S/C29H39NO2/c1-17-21-9-12-28(5)23(27(21,4)14-19(16-30)25(17)32)13-22(31)24-20-15-26(2,3)10-7-18(20)8-11-29(24,28)6/h13-14,17-18,20-21,24H,7-12,15H2,1-6H3. The minimum absolute atomic E-state index is 0.0182. The van der Waals surface area contributed by atoms with Crippen LogP contribution < -0.4 is 0 Å². The number of fused-ring (bicyclic) bond motifs is 7. The first-order chi connectivity index (χ1) is 14.9. The van der Waals surface area contributed by atoms with E-state index in [1.54, 1.807) is 0 Å². The van der Waals surface area contributed by atoms with Gasteiger partial charge in [-0.2, -0.15) is 5.26 Å². The number of nitrogens with zero attached hydrogens (tertiary/aromatic N) is 1.